The molecule has 0 aliphatic heterocycles. The van der Waals surface area contributed by atoms with E-state index in [1.54, 1.807) is 4.68 Å². The zero-order chi connectivity index (χ0) is 10.3. The second-order valence-corrected chi connectivity index (χ2v) is 4.54. The van der Waals surface area contributed by atoms with Gasteiger partial charge in [0.25, 0.3) is 0 Å². The van der Waals surface area contributed by atoms with E-state index in [1.807, 2.05) is 14.0 Å². The maximum atomic E-state index is 6.13. The number of rotatable bonds is 3. The molecule has 0 aromatic carbocycles. The van der Waals surface area contributed by atoms with Gasteiger partial charge in [-0.15, -0.1) is 0 Å². The quantitative estimate of drug-likeness (QED) is 0.830. The lowest BCUT2D eigenvalue weighted by Gasteiger charge is -2.09. The molecule has 1 heterocycles. The Labute approximate surface area is 89.2 Å². The van der Waals surface area contributed by atoms with E-state index in [4.69, 9.17) is 17.3 Å². The van der Waals surface area contributed by atoms with Crippen LogP contribution in [-0.2, 0) is 13.5 Å². The van der Waals surface area contributed by atoms with Crippen molar-refractivity contribution in [3.8, 4) is 0 Å². The van der Waals surface area contributed by atoms with Gasteiger partial charge in [0.1, 0.15) is 5.15 Å². The Bertz CT molecular complexity index is 341. The fraction of sp³-hybridized carbons (Fsp3) is 0.700. The highest BCUT2D eigenvalue weighted by Gasteiger charge is 2.29. The Balaban J connectivity index is 2.14. The van der Waals surface area contributed by atoms with Crippen LogP contribution in [-0.4, -0.2) is 15.8 Å². The molecule has 1 aromatic heterocycles. The molecule has 2 rings (SSSR count). The lowest BCUT2D eigenvalue weighted by Crippen LogP contribution is -2.25. The number of aromatic nitrogens is 2. The van der Waals surface area contributed by atoms with Crippen molar-refractivity contribution in [1.82, 2.24) is 9.78 Å². The van der Waals surface area contributed by atoms with E-state index >= 15 is 0 Å². The van der Waals surface area contributed by atoms with Gasteiger partial charge in [0.2, 0.25) is 0 Å². The SMILES string of the molecule is Cc1nn(C)c(Cl)c1CC(N)C1CC1. The minimum atomic E-state index is 0.260. The van der Waals surface area contributed by atoms with Gasteiger partial charge in [0.15, 0.2) is 0 Å². The van der Waals surface area contributed by atoms with Crippen LogP contribution in [0.25, 0.3) is 0 Å². The Morgan fingerprint density at radius 3 is 2.71 bits per heavy atom. The Morgan fingerprint density at radius 2 is 2.29 bits per heavy atom. The summed E-state index contributed by atoms with van der Waals surface area (Å²) in [6.45, 7) is 1.99. The first kappa shape index (κ1) is 9.99. The minimum Gasteiger partial charge on any atom is -0.327 e. The number of nitrogens with two attached hydrogens (primary N) is 1. The van der Waals surface area contributed by atoms with Crippen LogP contribution >= 0.6 is 11.6 Å². The third kappa shape index (κ3) is 1.79. The van der Waals surface area contributed by atoms with Crippen LogP contribution in [0.4, 0.5) is 0 Å². The van der Waals surface area contributed by atoms with Crippen molar-refractivity contribution in [1.29, 1.82) is 0 Å². The van der Waals surface area contributed by atoms with E-state index in [-0.39, 0.29) is 6.04 Å². The van der Waals surface area contributed by atoms with Crippen LogP contribution in [0, 0.1) is 12.8 Å². The van der Waals surface area contributed by atoms with Gasteiger partial charge in [-0.3, -0.25) is 4.68 Å². The molecule has 0 bridgehead atoms. The Morgan fingerprint density at radius 1 is 1.64 bits per heavy atom. The Hall–Kier alpha value is -0.540. The monoisotopic (exact) mass is 213 g/mol. The van der Waals surface area contributed by atoms with Crippen molar-refractivity contribution in [2.75, 3.05) is 0 Å². The lowest BCUT2D eigenvalue weighted by atomic mass is 10.0. The molecule has 1 unspecified atom stereocenters. The molecule has 2 N–H and O–H groups in total. The van der Waals surface area contributed by atoms with Crippen molar-refractivity contribution < 1.29 is 0 Å². The van der Waals surface area contributed by atoms with Gasteiger partial charge in [-0.25, -0.2) is 0 Å². The van der Waals surface area contributed by atoms with Crippen molar-refractivity contribution in [2.45, 2.75) is 32.2 Å². The van der Waals surface area contributed by atoms with Crippen molar-refractivity contribution in [3.05, 3.63) is 16.4 Å². The number of aryl methyl sites for hydroxylation is 2. The van der Waals surface area contributed by atoms with Gasteiger partial charge in [0, 0.05) is 18.7 Å². The average Bonchev–Trinajstić information content (AvgIpc) is 2.91. The molecule has 1 aliphatic rings. The first-order valence-electron chi connectivity index (χ1n) is 5.03. The maximum absolute atomic E-state index is 6.13. The Kier molecular flexibility index (Phi) is 2.54. The van der Waals surface area contributed by atoms with Crippen molar-refractivity contribution in [2.24, 2.45) is 18.7 Å². The largest absolute Gasteiger partial charge is 0.327 e. The summed E-state index contributed by atoms with van der Waals surface area (Å²) in [5.41, 5.74) is 8.19. The van der Waals surface area contributed by atoms with Gasteiger partial charge >= 0.3 is 0 Å². The minimum absolute atomic E-state index is 0.260. The fourth-order valence-electron chi connectivity index (χ4n) is 1.83. The second kappa shape index (κ2) is 3.55. The predicted octanol–water partition coefficient (Wildman–Crippen LogP) is 1.66. The molecule has 1 aromatic rings. The first-order chi connectivity index (χ1) is 6.59. The fourth-order valence-corrected chi connectivity index (χ4v) is 2.08. The van der Waals surface area contributed by atoms with Crippen LogP contribution in [0.15, 0.2) is 0 Å². The molecule has 0 radical (unpaired) electrons. The summed E-state index contributed by atoms with van der Waals surface area (Å²) in [5.74, 6) is 0.714. The molecular formula is C10H16ClN3. The van der Waals surface area contributed by atoms with Crippen LogP contribution in [0.5, 0.6) is 0 Å². The van der Waals surface area contributed by atoms with Gasteiger partial charge in [-0.1, -0.05) is 11.6 Å². The number of hydrogen-bond donors (Lipinski definition) is 1. The summed E-state index contributed by atoms with van der Waals surface area (Å²) in [7, 11) is 1.86. The van der Waals surface area contributed by atoms with E-state index in [0.29, 0.717) is 5.92 Å². The molecule has 14 heavy (non-hydrogen) atoms. The van der Waals surface area contributed by atoms with Crippen molar-refractivity contribution >= 4 is 11.6 Å². The smallest absolute Gasteiger partial charge is 0.130 e. The van der Waals surface area contributed by atoms with Crippen LogP contribution < -0.4 is 5.73 Å². The van der Waals surface area contributed by atoms with E-state index in [1.165, 1.54) is 12.8 Å². The van der Waals surface area contributed by atoms with Gasteiger partial charge in [-0.05, 0) is 32.1 Å². The molecule has 1 fully saturated rings. The van der Waals surface area contributed by atoms with Crippen LogP contribution in [0.1, 0.15) is 24.1 Å². The molecule has 0 saturated heterocycles. The molecule has 1 aliphatic carbocycles. The third-order valence-corrected chi connectivity index (χ3v) is 3.41. The maximum Gasteiger partial charge on any atom is 0.130 e. The lowest BCUT2D eigenvalue weighted by molar-refractivity contribution is 0.590. The molecular weight excluding hydrogens is 198 g/mol. The van der Waals surface area contributed by atoms with Gasteiger partial charge in [0.05, 0.1) is 5.69 Å². The number of halogens is 1. The van der Waals surface area contributed by atoms with Gasteiger partial charge in [-0.2, -0.15) is 5.10 Å². The molecule has 4 heteroatoms. The summed E-state index contributed by atoms with van der Waals surface area (Å²) in [6.07, 6.45) is 3.42. The highest BCUT2D eigenvalue weighted by molar-refractivity contribution is 6.30. The summed E-state index contributed by atoms with van der Waals surface area (Å²) in [5, 5.41) is 5.01. The highest BCUT2D eigenvalue weighted by Crippen LogP contribution is 2.34. The van der Waals surface area contributed by atoms with E-state index in [2.05, 4.69) is 5.10 Å². The zero-order valence-corrected chi connectivity index (χ0v) is 9.38. The molecule has 0 spiro atoms. The summed E-state index contributed by atoms with van der Waals surface area (Å²) in [6, 6.07) is 0.260. The number of hydrogen-bond acceptors (Lipinski definition) is 2. The van der Waals surface area contributed by atoms with E-state index < -0.39 is 0 Å². The second-order valence-electron chi connectivity index (χ2n) is 4.18. The molecule has 1 saturated carbocycles. The number of nitrogens with zero attached hydrogens (tertiary/aromatic N) is 2. The predicted molar refractivity (Wildman–Crippen MR) is 57.4 cm³/mol. The van der Waals surface area contributed by atoms with Crippen molar-refractivity contribution in [3.63, 3.8) is 0 Å². The summed E-state index contributed by atoms with van der Waals surface area (Å²) >= 11 is 6.13. The molecule has 0 amide bonds. The highest BCUT2D eigenvalue weighted by atomic mass is 35.5. The van der Waals surface area contributed by atoms with Gasteiger partial charge < -0.3 is 5.73 Å². The van der Waals surface area contributed by atoms with Crippen LogP contribution in [0.2, 0.25) is 5.15 Å². The molecule has 3 nitrogen and oxygen atoms in total. The summed E-state index contributed by atoms with van der Waals surface area (Å²) in [4.78, 5) is 0. The third-order valence-electron chi connectivity index (χ3n) is 2.94. The van der Waals surface area contributed by atoms with E-state index in [9.17, 15) is 0 Å². The normalized spacial score (nSPS) is 18.6. The zero-order valence-electron chi connectivity index (χ0n) is 8.63. The topological polar surface area (TPSA) is 43.8 Å². The summed E-state index contributed by atoms with van der Waals surface area (Å²) < 4.78 is 1.71. The first-order valence-corrected chi connectivity index (χ1v) is 5.41. The van der Waals surface area contributed by atoms with E-state index in [0.717, 1.165) is 22.8 Å². The van der Waals surface area contributed by atoms with Crippen LogP contribution in [0.3, 0.4) is 0 Å². The molecule has 1 atom stereocenters. The molecule has 78 valence electrons. The standard InChI is InChI=1S/C10H16ClN3/c1-6-8(10(11)14(2)13-6)5-9(12)7-3-4-7/h7,9H,3-5,12H2,1-2H3. The average molecular weight is 214 g/mol.